The Balaban J connectivity index is 1.70. The van der Waals surface area contributed by atoms with E-state index in [0.717, 1.165) is 35.2 Å². The van der Waals surface area contributed by atoms with Crippen molar-refractivity contribution in [2.24, 2.45) is 5.92 Å². The van der Waals surface area contributed by atoms with Crippen LogP contribution < -0.4 is 15.8 Å². The monoisotopic (exact) mass is 401 g/mol. The van der Waals surface area contributed by atoms with Gasteiger partial charge in [0.05, 0.1) is 18.5 Å². The van der Waals surface area contributed by atoms with Crippen LogP contribution in [0, 0.1) is 5.92 Å². The van der Waals surface area contributed by atoms with Crippen molar-refractivity contribution in [2.75, 3.05) is 18.2 Å². The van der Waals surface area contributed by atoms with Gasteiger partial charge in [0.25, 0.3) is 5.91 Å². The Morgan fingerprint density at radius 1 is 1.41 bits per heavy atom. The Hall–Kier alpha value is -2.31. The molecule has 4 rings (SSSR count). The first-order valence-electron chi connectivity index (χ1n) is 8.82. The lowest BCUT2D eigenvalue weighted by molar-refractivity contribution is 0.103. The first-order chi connectivity index (χ1) is 13.0. The van der Waals surface area contributed by atoms with Gasteiger partial charge in [0, 0.05) is 16.1 Å². The molecule has 0 saturated heterocycles. The molecular formula is C20H20ClN3O2S. The van der Waals surface area contributed by atoms with Crippen molar-refractivity contribution in [3.05, 3.63) is 45.4 Å². The fourth-order valence-corrected chi connectivity index (χ4v) is 4.66. The number of nitrogens with two attached hydrogens (primary N) is 1. The number of nitrogen functional groups attached to an aromatic ring is 1. The zero-order chi connectivity index (χ0) is 19.1. The van der Waals surface area contributed by atoms with Crippen molar-refractivity contribution < 1.29 is 9.53 Å². The minimum absolute atomic E-state index is 0.289. The number of benzene rings is 1. The number of rotatable bonds is 3. The van der Waals surface area contributed by atoms with Crippen LogP contribution in [0.1, 0.15) is 34.3 Å². The van der Waals surface area contributed by atoms with Crippen LogP contribution in [0.15, 0.2) is 24.3 Å². The molecule has 140 valence electrons. The maximum atomic E-state index is 12.9. The average molecular weight is 402 g/mol. The normalized spacial score (nSPS) is 16.2. The van der Waals surface area contributed by atoms with Crippen LogP contribution >= 0.6 is 22.9 Å². The number of fused-ring (bicyclic) bond motifs is 2. The van der Waals surface area contributed by atoms with E-state index in [4.69, 9.17) is 27.1 Å². The van der Waals surface area contributed by atoms with Gasteiger partial charge in [-0.25, -0.2) is 4.98 Å². The number of hydrogen-bond acceptors (Lipinski definition) is 5. The Morgan fingerprint density at radius 2 is 2.22 bits per heavy atom. The molecule has 7 heteroatoms. The number of aryl methyl sites for hydroxylation is 1. The van der Waals surface area contributed by atoms with Gasteiger partial charge >= 0.3 is 0 Å². The molecule has 3 aromatic rings. The lowest BCUT2D eigenvalue weighted by Crippen LogP contribution is -2.13. The maximum absolute atomic E-state index is 12.9. The van der Waals surface area contributed by atoms with E-state index >= 15 is 0 Å². The molecule has 0 saturated carbocycles. The molecule has 0 spiro atoms. The highest BCUT2D eigenvalue weighted by Gasteiger charge is 2.22. The van der Waals surface area contributed by atoms with Crippen molar-refractivity contribution >= 4 is 50.4 Å². The van der Waals surface area contributed by atoms with Gasteiger partial charge in [-0.15, -0.1) is 11.3 Å². The second-order valence-electron chi connectivity index (χ2n) is 6.94. The number of halogens is 1. The summed E-state index contributed by atoms with van der Waals surface area (Å²) in [5, 5.41) is 4.22. The second-order valence-corrected chi connectivity index (χ2v) is 8.37. The first-order valence-corrected chi connectivity index (χ1v) is 10.0. The average Bonchev–Trinajstić information content (AvgIpc) is 2.96. The molecule has 1 amide bonds. The highest BCUT2D eigenvalue weighted by molar-refractivity contribution is 7.21. The fourth-order valence-electron chi connectivity index (χ4n) is 3.50. The van der Waals surface area contributed by atoms with Crippen molar-refractivity contribution in [3.8, 4) is 5.75 Å². The number of anilines is 2. The quantitative estimate of drug-likeness (QED) is 0.653. The smallest absolute Gasteiger partial charge is 0.268 e. The SMILES string of the molecule is COc1ccc(Cl)cc1NC(=O)c1sc2nc3c(cc2c1N)CC(C)CC3. The van der Waals surface area contributed by atoms with E-state index in [1.165, 1.54) is 16.9 Å². The van der Waals surface area contributed by atoms with Gasteiger partial charge in [0.1, 0.15) is 15.5 Å². The Bertz CT molecular complexity index is 1050. The summed E-state index contributed by atoms with van der Waals surface area (Å²) in [4.78, 5) is 18.9. The number of pyridine rings is 1. The first kappa shape index (κ1) is 18.1. The summed E-state index contributed by atoms with van der Waals surface area (Å²) in [7, 11) is 1.54. The molecule has 1 aliphatic rings. The van der Waals surface area contributed by atoms with Gasteiger partial charge in [0.15, 0.2) is 0 Å². The van der Waals surface area contributed by atoms with Gasteiger partial charge in [0.2, 0.25) is 0 Å². The Labute approximate surface area is 166 Å². The molecule has 1 atom stereocenters. The fraction of sp³-hybridized carbons (Fsp3) is 0.300. The molecule has 1 unspecified atom stereocenters. The molecule has 3 N–H and O–H groups in total. The Kier molecular flexibility index (Phi) is 4.70. The van der Waals surface area contributed by atoms with Crippen LogP contribution in [0.4, 0.5) is 11.4 Å². The molecule has 1 aliphatic carbocycles. The van der Waals surface area contributed by atoms with Gasteiger partial charge in [-0.2, -0.15) is 0 Å². The second kappa shape index (κ2) is 7.02. The molecule has 2 aromatic heterocycles. The summed E-state index contributed by atoms with van der Waals surface area (Å²) in [6, 6.07) is 7.18. The summed E-state index contributed by atoms with van der Waals surface area (Å²) in [5.74, 6) is 0.895. The van der Waals surface area contributed by atoms with Crippen molar-refractivity contribution in [1.82, 2.24) is 4.98 Å². The van der Waals surface area contributed by atoms with E-state index in [0.29, 0.717) is 32.9 Å². The summed E-state index contributed by atoms with van der Waals surface area (Å²) in [6.07, 6.45) is 3.13. The topological polar surface area (TPSA) is 77.2 Å². The van der Waals surface area contributed by atoms with Crippen LogP contribution in [0.3, 0.4) is 0 Å². The lowest BCUT2D eigenvalue weighted by Gasteiger charge is -2.20. The molecule has 0 aliphatic heterocycles. The summed E-state index contributed by atoms with van der Waals surface area (Å²) in [5.41, 5.74) is 9.67. The predicted octanol–water partition coefficient (Wildman–Crippen LogP) is 4.92. The van der Waals surface area contributed by atoms with Crippen molar-refractivity contribution in [2.45, 2.75) is 26.2 Å². The number of methoxy groups -OCH3 is 1. The standard InChI is InChI=1S/C20H20ClN3O2S/c1-10-3-5-14-11(7-10)8-13-17(22)18(27-20(13)24-14)19(25)23-15-9-12(21)4-6-16(15)26-2/h4,6,8-10H,3,5,7,22H2,1-2H3,(H,23,25). The van der Waals surface area contributed by atoms with E-state index in [-0.39, 0.29) is 5.91 Å². The molecule has 0 radical (unpaired) electrons. The molecule has 0 fully saturated rings. The minimum atomic E-state index is -0.289. The summed E-state index contributed by atoms with van der Waals surface area (Å²) in [6.45, 7) is 2.25. The molecule has 2 heterocycles. The molecule has 0 bridgehead atoms. The third kappa shape index (κ3) is 3.35. The number of aromatic nitrogens is 1. The van der Waals surface area contributed by atoms with E-state index in [2.05, 4.69) is 18.3 Å². The van der Waals surface area contributed by atoms with E-state index < -0.39 is 0 Å². The van der Waals surface area contributed by atoms with Gasteiger partial charge in [-0.1, -0.05) is 18.5 Å². The van der Waals surface area contributed by atoms with Crippen LogP contribution in [-0.4, -0.2) is 18.0 Å². The van der Waals surface area contributed by atoms with Gasteiger partial charge < -0.3 is 15.8 Å². The van der Waals surface area contributed by atoms with E-state index in [1.807, 2.05) is 0 Å². The number of carbonyl (C=O) groups is 1. The Morgan fingerprint density at radius 3 is 3.00 bits per heavy atom. The third-order valence-electron chi connectivity index (χ3n) is 4.95. The number of hydrogen-bond donors (Lipinski definition) is 2. The highest BCUT2D eigenvalue weighted by Crippen LogP contribution is 2.37. The van der Waals surface area contributed by atoms with Gasteiger partial charge in [-0.05, 0) is 55.0 Å². The molecular weight excluding hydrogens is 382 g/mol. The van der Waals surface area contributed by atoms with Crippen LogP contribution in [0.2, 0.25) is 5.02 Å². The number of nitrogens with one attached hydrogen (secondary N) is 1. The van der Waals surface area contributed by atoms with Crippen LogP contribution in [0.5, 0.6) is 5.75 Å². The van der Waals surface area contributed by atoms with Crippen LogP contribution in [-0.2, 0) is 12.8 Å². The van der Waals surface area contributed by atoms with Crippen LogP contribution in [0.25, 0.3) is 10.2 Å². The highest BCUT2D eigenvalue weighted by atomic mass is 35.5. The minimum Gasteiger partial charge on any atom is -0.495 e. The molecule has 1 aromatic carbocycles. The maximum Gasteiger partial charge on any atom is 0.268 e. The van der Waals surface area contributed by atoms with Crippen molar-refractivity contribution in [1.29, 1.82) is 0 Å². The number of carbonyl (C=O) groups excluding carboxylic acids is 1. The van der Waals surface area contributed by atoms with E-state index in [1.54, 1.807) is 25.3 Å². The number of ether oxygens (including phenoxy) is 1. The number of nitrogens with zero attached hydrogens (tertiary/aromatic N) is 1. The third-order valence-corrected chi connectivity index (χ3v) is 6.30. The number of amides is 1. The lowest BCUT2D eigenvalue weighted by atomic mass is 9.87. The van der Waals surface area contributed by atoms with E-state index in [9.17, 15) is 4.79 Å². The zero-order valence-corrected chi connectivity index (χ0v) is 16.7. The summed E-state index contributed by atoms with van der Waals surface area (Å²) < 4.78 is 5.29. The largest absolute Gasteiger partial charge is 0.495 e. The molecule has 27 heavy (non-hydrogen) atoms. The predicted molar refractivity (Wildman–Crippen MR) is 111 cm³/mol. The van der Waals surface area contributed by atoms with Gasteiger partial charge in [-0.3, -0.25) is 4.79 Å². The van der Waals surface area contributed by atoms with Crippen molar-refractivity contribution in [3.63, 3.8) is 0 Å². The molecule has 5 nitrogen and oxygen atoms in total. The number of thiophene rings is 1. The summed E-state index contributed by atoms with van der Waals surface area (Å²) >= 11 is 7.36. The zero-order valence-electron chi connectivity index (χ0n) is 15.1.